The fourth-order valence-electron chi connectivity index (χ4n) is 5.43. The fraction of sp³-hybridized carbons (Fsp3) is 0. The topological polar surface area (TPSA) is 30.7 Å². The third kappa shape index (κ3) is 3.70. The number of rotatable bonds is 4. The van der Waals surface area contributed by atoms with Gasteiger partial charge in [-0.05, 0) is 60.0 Å². The summed E-state index contributed by atoms with van der Waals surface area (Å²) in [6, 6.07) is 40.9. The van der Waals surface area contributed by atoms with E-state index in [1.54, 1.807) is 22.7 Å². The van der Waals surface area contributed by atoms with E-state index in [2.05, 4.69) is 113 Å². The summed E-state index contributed by atoms with van der Waals surface area (Å²) in [5, 5.41) is 5.64. The quantitative estimate of drug-likeness (QED) is 0.224. The number of hydrogen-bond donors (Lipinski definition) is 0. The van der Waals surface area contributed by atoms with Gasteiger partial charge in [0.05, 0.1) is 26.9 Å². The monoisotopic (exact) mass is 535 g/mol. The predicted octanol–water partition coefficient (Wildman–Crippen LogP) is 9.85. The van der Waals surface area contributed by atoms with E-state index in [0.717, 1.165) is 33.0 Å². The van der Waals surface area contributed by atoms with Crippen molar-refractivity contribution in [1.29, 1.82) is 0 Å². The zero-order valence-corrected chi connectivity index (χ0v) is 22.4. The number of thiazole rings is 1. The summed E-state index contributed by atoms with van der Waals surface area (Å²) in [6.45, 7) is 0. The maximum atomic E-state index is 4.94. The first-order valence-electron chi connectivity index (χ1n) is 12.8. The molecule has 0 aliphatic rings. The highest BCUT2D eigenvalue weighted by molar-refractivity contribution is 7.21. The van der Waals surface area contributed by atoms with Crippen molar-refractivity contribution in [1.82, 2.24) is 14.5 Å². The van der Waals surface area contributed by atoms with Crippen LogP contribution in [0.2, 0.25) is 0 Å². The Balaban J connectivity index is 1.39. The van der Waals surface area contributed by atoms with Crippen molar-refractivity contribution in [3.8, 4) is 38.0 Å². The molecule has 4 aromatic carbocycles. The Morgan fingerprint density at radius 3 is 2.38 bits per heavy atom. The smallest absolute Gasteiger partial charge is 0.124 e. The van der Waals surface area contributed by atoms with Crippen LogP contribution in [0, 0.1) is 0 Å². The standard InChI is InChI=1S/C34H21N3S2/c1-3-11-30-24(8-1)25-16-14-22(34-36-29-10-2-4-12-33(29)39-34)20-31(25)37(30)23-15-17-26(32-13-7-19-38-32)27(21-23)28-9-5-6-18-35-28/h1-21H. The Hall–Kier alpha value is -4.58. The van der Waals surface area contributed by atoms with Crippen LogP contribution < -0.4 is 0 Å². The lowest BCUT2D eigenvalue weighted by molar-refractivity contribution is 1.18. The van der Waals surface area contributed by atoms with E-state index in [1.807, 2.05) is 18.3 Å². The number of benzene rings is 4. The third-order valence-electron chi connectivity index (χ3n) is 7.20. The van der Waals surface area contributed by atoms with Gasteiger partial charge in [-0.1, -0.05) is 60.7 Å². The number of hydrogen-bond acceptors (Lipinski definition) is 4. The van der Waals surface area contributed by atoms with Gasteiger partial charge in [0.25, 0.3) is 0 Å². The molecule has 0 unspecified atom stereocenters. The van der Waals surface area contributed by atoms with Crippen molar-refractivity contribution in [2.24, 2.45) is 0 Å². The lowest BCUT2D eigenvalue weighted by Crippen LogP contribution is -1.96. The van der Waals surface area contributed by atoms with E-state index < -0.39 is 0 Å². The molecular weight excluding hydrogens is 515 g/mol. The Bertz CT molecular complexity index is 2090. The van der Waals surface area contributed by atoms with Crippen LogP contribution in [0.1, 0.15) is 0 Å². The van der Waals surface area contributed by atoms with Gasteiger partial charge in [-0.2, -0.15) is 0 Å². The summed E-state index contributed by atoms with van der Waals surface area (Å²) < 4.78 is 3.59. The summed E-state index contributed by atoms with van der Waals surface area (Å²) in [7, 11) is 0. The minimum Gasteiger partial charge on any atom is -0.309 e. The molecule has 0 fully saturated rings. The van der Waals surface area contributed by atoms with Crippen LogP contribution in [0.4, 0.5) is 0 Å². The van der Waals surface area contributed by atoms with Crippen LogP contribution >= 0.6 is 22.7 Å². The molecule has 39 heavy (non-hydrogen) atoms. The van der Waals surface area contributed by atoms with Gasteiger partial charge >= 0.3 is 0 Å². The second kappa shape index (κ2) is 9.02. The zero-order valence-electron chi connectivity index (χ0n) is 20.8. The lowest BCUT2D eigenvalue weighted by Gasteiger charge is -2.14. The summed E-state index contributed by atoms with van der Waals surface area (Å²) in [5.41, 5.74) is 8.94. The SMILES string of the molecule is c1ccc(-c2cc(-n3c4ccccc4c4ccc(-c5nc6ccccc6s5)cc43)ccc2-c2cccs2)nc1. The molecule has 3 nitrogen and oxygen atoms in total. The molecule has 0 amide bonds. The summed E-state index contributed by atoms with van der Waals surface area (Å²) in [4.78, 5) is 10.9. The first kappa shape index (κ1) is 22.4. The van der Waals surface area contributed by atoms with Gasteiger partial charge in [-0.15, -0.1) is 22.7 Å². The molecule has 4 aromatic heterocycles. The van der Waals surface area contributed by atoms with Gasteiger partial charge < -0.3 is 4.57 Å². The normalized spacial score (nSPS) is 11.6. The highest BCUT2D eigenvalue weighted by Gasteiger charge is 2.17. The number of para-hydroxylation sites is 2. The molecule has 4 heterocycles. The van der Waals surface area contributed by atoms with Crippen molar-refractivity contribution in [3.63, 3.8) is 0 Å². The van der Waals surface area contributed by atoms with E-state index in [1.165, 1.54) is 36.9 Å². The molecule has 8 rings (SSSR count). The molecule has 0 radical (unpaired) electrons. The fourth-order valence-corrected chi connectivity index (χ4v) is 7.16. The largest absolute Gasteiger partial charge is 0.309 e. The number of aromatic nitrogens is 3. The molecule has 0 aliphatic carbocycles. The van der Waals surface area contributed by atoms with Crippen LogP contribution in [0.5, 0.6) is 0 Å². The highest BCUT2D eigenvalue weighted by Crippen LogP contribution is 2.40. The molecule has 0 bridgehead atoms. The summed E-state index contributed by atoms with van der Waals surface area (Å²) in [6.07, 6.45) is 1.87. The molecule has 0 atom stereocenters. The second-order valence-corrected chi connectivity index (χ2v) is 11.5. The molecule has 0 aliphatic heterocycles. The van der Waals surface area contributed by atoms with E-state index in [4.69, 9.17) is 9.97 Å². The van der Waals surface area contributed by atoms with Crippen LogP contribution in [-0.2, 0) is 0 Å². The van der Waals surface area contributed by atoms with Crippen LogP contribution in [0.3, 0.4) is 0 Å². The van der Waals surface area contributed by atoms with Gasteiger partial charge in [0, 0.05) is 44.2 Å². The Kier molecular flexibility index (Phi) is 5.18. The van der Waals surface area contributed by atoms with E-state index in [9.17, 15) is 0 Å². The minimum absolute atomic E-state index is 0.971. The van der Waals surface area contributed by atoms with E-state index >= 15 is 0 Å². The molecule has 5 heteroatoms. The maximum absolute atomic E-state index is 4.94. The number of fused-ring (bicyclic) bond motifs is 4. The summed E-state index contributed by atoms with van der Waals surface area (Å²) in [5.74, 6) is 0. The number of thiophene rings is 1. The van der Waals surface area contributed by atoms with Crippen molar-refractivity contribution >= 4 is 54.7 Å². The van der Waals surface area contributed by atoms with E-state index in [0.29, 0.717) is 0 Å². The summed E-state index contributed by atoms with van der Waals surface area (Å²) >= 11 is 3.49. The molecule has 0 saturated carbocycles. The molecular formula is C34H21N3S2. The van der Waals surface area contributed by atoms with Gasteiger partial charge in [-0.3, -0.25) is 4.98 Å². The lowest BCUT2D eigenvalue weighted by atomic mass is 10.0. The Morgan fingerprint density at radius 2 is 1.51 bits per heavy atom. The second-order valence-electron chi connectivity index (χ2n) is 9.49. The highest BCUT2D eigenvalue weighted by atomic mass is 32.1. The molecule has 0 N–H and O–H groups in total. The molecule has 0 saturated heterocycles. The van der Waals surface area contributed by atoms with Gasteiger partial charge in [0.1, 0.15) is 5.01 Å². The van der Waals surface area contributed by atoms with Crippen LogP contribution in [0.15, 0.2) is 127 Å². The van der Waals surface area contributed by atoms with Crippen molar-refractivity contribution < 1.29 is 0 Å². The average Bonchev–Trinajstić information content (AvgIpc) is 3.75. The Labute approximate surface area is 233 Å². The first-order chi connectivity index (χ1) is 19.3. The van der Waals surface area contributed by atoms with Crippen LogP contribution in [0.25, 0.3) is 70.0 Å². The first-order valence-corrected chi connectivity index (χ1v) is 14.5. The molecule has 184 valence electrons. The molecule has 8 aromatic rings. The van der Waals surface area contributed by atoms with E-state index in [-0.39, 0.29) is 0 Å². The third-order valence-corrected chi connectivity index (χ3v) is 9.19. The van der Waals surface area contributed by atoms with Gasteiger partial charge in [0.2, 0.25) is 0 Å². The number of nitrogens with zero attached hydrogens (tertiary/aromatic N) is 3. The molecule has 0 spiro atoms. The van der Waals surface area contributed by atoms with Crippen molar-refractivity contribution in [3.05, 3.63) is 127 Å². The number of pyridine rings is 1. The van der Waals surface area contributed by atoms with Crippen molar-refractivity contribution in [2.75, 3.05) is 0 Å². The Morgan fingerprint density at radius 1 is 0.641 bits per heavy atom. The maximum Gasteiger partial charge on any atom is 0.124 e. The minimum atomic E-state index is 0.971. The zero-order chi connectivity index (χ0) is 25.8. The average molecular weight is 536 g/mol. The predicted molar refractivity (Wildman–Crippen MR) is 166 cm³/mol. The van der Waals surface area contributed by atoms with Gasteiger partial charge in [-0.25, -0.2) is 4.98 Å². The van der Waals surface area contributed by atoms with Gasteiger partial charge in [0.15, 0.2) is 0 Å². The van der Waals surface area contributed by atoms with Crippen LogP contribution in [-0.4, -0.2) is 14.5 Å². The van der Waals surface area contributed by atoms with Crippen molar-refractivity contribution in [2.45, 2.75) is 0 Å².